The van der Waals surface area contributed by atoms with Crippen LogP contribution >= 0.6 is 22.9 Å². The Morgan fingerprint density at radius 3 is 2.75 bits per heavy atom. The van der Waals surface area contributed by atoms with Crippen LogP contribution in [0.5, 0.6) is 0 Å². The van der Waals surface area contributed by atoms with E-state index in [0.29, 0.717) is 4.34 Å². The van der Waals surface area contributed by atoms with Crippen LogP contribution in [0.3, 0.4) is 0 Å². The van der Waals surface area contributed by atoms with Crippen molar-refractivity contribution in [3.8, 4) is 0 Å². The molecule has 7 heteroatoms. The number of halogens is 1. The third-order valence-corrected chi connectivity index (χ3v) is 1.95. The molecule has 1 rings (SSSR count). The van der Waals surface area contributed by atoms with Crippen molar-refractivity contribution in [3.05, 3.63) is 10.5 Å². The number of hydrogen-bond donors (Lipinski definition) is 2. The number of carbonyl (C=O) groups excluding carboxylic acids is 2. The second-order valence-corrected chi connectivity index (χ2v) is 3.45. The topological polar surface area (TPSA) is 85.1 Å². The van der Waals surface area contributed by atoms with Crippen LogP contribution in [0.15, 0.2) is 6.20 Å². The highest BCUT2D eigenvalue weighted by molar-refractivity contribution is 7.19. The van der Waals surface area contributed by atoms with E-state index in [4.69, 9.17) is 11.6 Å². The van der Waals surface area contributed by atoms with Crippen molar-refractivity contribution in [1.29, 1.82) is 0 Å². The molecule has 0 aliphatic heterocycles. The van der Waals surface area contributed by atoms with Crippen LogP contribution in [-0.2, 0) is 9.59 Å². The lowest BCUT2D eigenvalue weighted by Crippen LogP contribution is -2.29. The van der Waals surface area contributed by atoms with Gasteiger partial charge in [-0.3, -0.25) is 14.9 Å². The summed E-state index contributed by atoms with van der Waals surface area (Å²) in [6.07, 6.45) is 1.36. The summed E-state index contributed by atoms with van der Waals surface area (Å²) in [6.45, 7) is 0. The summed E-state index contributed by atoms with van der Waals surface area (Å²) >= 11 is 6.56. The number of aromatic nitrogens is 1. The molecule has 12 heavy (non-hydrogen) atoms. The zero-order valence-electron chi connectivity index (χ0n) is 5.70. The Labute approximate surface area is 76.5 Å². The largest absolute Gasteiger partial charge is 0.361 e. The molecule has 0 aromatic carbocycles. The number of nitrogens with zero attached hydrogens (tertiary/aromatic N) is 1. The van der Waals surface area contributed by atoms with Gasteiger partial charge < -0.3 is 5.73 Å². The Hall–Kier alpha value is -1.14. The first kappa shape index (κ1) is 8.95. The fourth-order valence-corrected chi connectivity index (χ4v) is 1.28. The second kappa shape index (κ2) is 3.51. The molecule has 0 unspecified atom stereocenters. The van der Waals surface area contributed by atoms with Gasteiger partial charge in [-0.25, -0.2) is 4.98 Å². The van der Waals surface area contributed by atoms with Crippen LogP contribution in [0, 0.1) is 0 Å². The van der Waals surface area contributed by atoms with E-state index in [-0.39, 0.29) is 5.13 Å². The molecular formula is C5H4ClN3O2S. The Bertz CT molecular complexity index is 324. The number of nitrogens with two attached hydrogens (primary N) is 1. The molecule has 5 nitrogen and oxygen atoms in total. The Balaban J connectivity index is 2.64. The van der Waals surface area contributed by atoms with Gasteiger partial charge in [-0.2, -0.15) is 0 Å². The maximum absolute atomic E-state index is 10.7. The van der Waals surface area contributed by atoms with Gasteiger partial charge in [-0.1, -0.05) is 22.9 Å². The van der Waals surface area contributed by atoms with Crippen molar-refractivity contribution in [2.45, 2.75) is 0 Å². The first-order chi connectivity index (χ1) is 5.59. The number of thiazole rings is 1. The molecular weight excluding hydrogens is 202 g/mol. The number of amides is 2. The Morgan fingerprint density at radius 2 is 2.33 bits per heavy atom. The fourth-order valence-electron chi connectivity index (χ4n) is 0.471. The quantitative estimate of drug-likeness (QED) is 0.644. The lowest BCUT2D eigenvalue weighted by molar-refractivity contribution is -0.134. The van der Waals surface area contributed by atoms with E-state index in [0.717, 1.165) is 11.3 Å². The van der Waals surface area contributed by atoms with Crippen molar-refractivity contribution < 1.29 is 9.59 Å². The summed E-state index contributed by atoms with van der Waals surface area (Å²) in [5, 5.41) is 2.43. The Kier molecular flexibility index (Phi) is 2.61. The average Bonchev–Trinajstić information content (AvgIpc) is 2.35. The highest BCUT2D eigenvalue weighted by Gasteiger charge is 2.10. The number of anilines is 1. The van der Waals surface area contributed by atoms with Crippen LogP contribution in [-0.4, -0.2) is 16.8 Å². The third-order valence-electron chi connectivity index (χ3n) is 0.922. The van der Waals surface area contributed by atoms with Gasteiger partial charge in [0.1, 0.15) is 4.34 Å². The van der Waals surface area contributed by atoms with Crippen molar-refractivity contribution in [1.82, 2.24) is 4.98 Å². The molecule has 0 aliphatic rings. The van der Waals surface area contributed by atoms with E-state index in [1.165, 1.54) is 6.20 Å². The van der Waals surface area contributed by atoms with Crippen molar-refractivity contribution in [2.24, 2.45) is 5.73 Å². The normalized spacial score (nSPS) is 9.42. The molecule has 0 fully saturated rings. The molecule has 0 bridgehead atoms. The maximum atomic E-state index is 10.7. The zero-order chi connectivity index (χ0) is 9.14. The molecule has 0 atom stereocenters. The highest BCUT2D eigenvalue weighted by atomic mass is 35.5. The van der Waals surface area contributed by atoms with Crippen LogP contribution in [0.2, 0.25) is 4.34 Å². The van der Waals surface area contributed by atoms with Crippen molar-refractivity contribution in [2.75, 3.05) is 5.32 Å². The van der Waals surface area contributed by atoms with E-state index in [2.05, 4.69) is 16.0 Å². The SMILES string of the molecule is NC(=O)C(=O)Nc1ncc(Cl)s1. The molecule has 0 saturated carbocycles. The molecule has 1 aromatic heterocycles. The number of rotatable bonds is 1. The predicted octanol–water partition coefficient (Wildman–Crippen LogP) is 0.220. The molecule has 1 heterocycles. The lowest BCUT2D eigenvalue weighted by Gasteiger charge is -1.94. The summed E-state index contributed by atoms with van der Waals surface area (Å²) in [5.74, 6) is -1.96. The van der Waals surface area contributed by atoms with E-state index < -0.39 is 11.8 Å². The minimum absolute atomic E-state index is 0.254. The first-order valence-corrected chi connectivity index (χ1v) is 4.01. The summed E-state index contributed by atoms with van der Waals surface area (Å²) in [4.78, 5) is 24.6. The summed E-state index contributed by atoms with van der Waals surface area (Å²) in [7, 11) is 0. The molecule has 2 amide bonds. The molecule has 0 saturated heterocycles. The number of primary amides is 1. The maximum Gasteiger partial charge on any atom is 0.315 e. The van der Waals surface area contributed by atoms with Crippen LogP contribution in [0.1, 0.15) is 0 Å². The van der Waals surface area contributed by atoms with Crippen LogP contribution in [0.4, 0.5) is 5.13 Å². The van der Waals surface area contributed by atoms with Gasteiger partial charge in [-0.15, -0.1) is 0 Å². The third kappa shape index (κ3) is 2.18. The number of carbonyl (C=O) groups is 2. The zero-order valence-corrected chi connectivity index (χ0v) is 7.28. The number of hydrogen-bond acceptors (Lipinski definition) is 4. The molecule has 1 aromatic rings. The van der Waals surface area contributed by atoms with Crippen molar-refractivity contribution >= 4 is 39.9 Å². The summed E-state index contributed by atoms with van der Waals surface area (Å²) in [5.41, 5.74) is 4.68. The van der Waals surface area contributed by atoms with Gasteiger partial charge in [0.05, 0.1) is 6.20 Å². The van der Waals surface area contributed by atoms with E-state index in [1.54, 1.807) is 0 Å². The fraction of sp³-hybridized carbons (Fsp3) is 0. The smallest absolute Gasteiger partial charge is 0.315 e. The second-order valence-electron chi connectivity index (χ2n) is 1.79. The molecule has 64 valence electrons. The van der Waals surface area contributed by atoms with Crippen LogP contribution < -0.4 is 11.1 Å². The lowest BCUT2D eigenvalue weighted by atomic mass is 10.6. The molecule has 0 aliphatic carbocycles. The molecule has 0 spiro atoms. The standard InChI is InChI=1S/C5H4ClN3O2S/c6-2-1-8-5(12-2)9-4(11)3(7)10/h1H,(H2,7,10)(H,8,9,11). The summed E-state index contributed by atoms with van der Waals surface area (Å²) < 4.78 is 0.426. The van der Waals surface area contributed by atoms with Crippen molar-refractivity contribution in [3.63, 3.8) is 0 Å². The minimum Gasteiger partial charge on any atom is -0.361 e. The van der Waals surface area contributed by atoms with Gasteiger partial charge in [0.25, 0.3) is 0 Å². The minimum atomic E-state index is -1.05. The van der Waals surface area contributed by atoms with Gasteiger partial charge >= 0.3 is 11.8 Å². The monoisotopic (exact) mass is 205 g/mol. The number of nitrogens with one attached hydrogen (secondary N) is 1. The van der Waals surface area contributed by atoms with Gasteiger partial charge in [0, 0.05) is 0 Å². The predicted molar refractivity (Wildman–Crippen MR) is 44.9 cm³/mol. The van der Waals surface area contributed by atoms with Gasteiger partial charge in [0.2, 0.25) is 0 Å². The molecule has 0 radical (unpaired) electrons. The van der Waals surface area contributed by atoms with E-state index in [1.807, 2.05) is 0 Å². The van der Waals surface area contributed by atoms with E-state index in [9.17, 15) is 9.59 Å². The highest BCUT2D eigenvalue weighted by Crippen LogP contribution is 2.22. The van der Waals surface area contributed by atoms with Gasteiger partial charge in [0.15, 0.2) is 5.13 Å². The Morgan fingerprint density at radius 1 is 1.67 bits per heavy atom. The van der Waals surface area contributed by atoms with E-state index >= 15 is 0 Å². The summed E-state index contributed by atoms with van der Waals surface area (Å²) in [6, 6.07) is 0. The first-order valence-electron chi connectivity index (χ1n) is 2.81. The van der Waals surface area contributed by atoms with Crippen LogP contribution in [0.25, 0.3) is 0 Å². The molecule has 3 N–H and O–H groups in total. The van der Waals surface area contributed by atoms with Gasteiger partial charge in [-0.05, 0) is 0 Å². The average molecular weight is 206 g/mol.